The van der Waals surface area contributed by atoms with Crippen LogP contribution in [-0.2, 0) is 4.74 Å². The van der Waals surface area contributed by atoms with Crippen LogP contribution < -0.4 is 25.0 Å². The van der Waals surface area contributed by atoms with Crippen LogP contribution in [0.2, 0.25) is 0 Å². The van der Waals surface area contributed by atoms with Gasteiger partial charge >= 0.3 is 0 Å². The van der Waals surface area contributed by atoms with E-state index in [9.17, 15) is 14.0 Å². The van der Waals surface area contributed by atoms with Gasteiger partial charge in [-0.05, 0) is 43.8 Å². The highest BCUT2D eigenvalue weighted by molar-refractivity contribution is 5.68. The van der Waals surface area contributed by atoms with E-state index in [2.05, 4.69) is 43.4 Å². The number of rotatable bonds is 8. The Labute approximate surface area is 248 Å². The minimum atomic E-state index is -3.02. The molecule has 3 saturated heterocycles. The summed E-state index contributed by atoms with van der Waals surface area (Å²) >= 11 is 0. The van der Waals surface area contributed by atoms with Crippen molar-refractivity contribution in [3.05, 3.63) is 48.3 Å². The Kier molecular flexibility index (Phi) is 8.25. The van der Waals surface area contributed by atoms with E-state index in [-0.39, 0.29) is 17.7 Å². The van der Waals surface area contributed by atoms with Gasteiger partial charge in [0.2, 0.25) is 5.88 Å². The van der Waals surface area contributed by atoms with Gasteiger partial charge in [-0.3, -0.25) is 4.90 Å². The number of piperidine rings is 1. The quantitative estimate of drug-likeness (QED) is 0.400. The van der Waals surface area contributed by atoms with Crippen molar-refractivity contribution >= 4 is 17.3 Å². The number of alkyl halides is 2. The highest BCUT2D eigenvalue weighted by Crippen LogP contribution is 2.34. The van der Waals surface area contributed by atoms with E-state index in [1.54, 1.807) is 25.3 Å². The molecule has 43 heavy (non-hydrogen) atoms. The third-order valence-electron chi connectivity index (χ3n) is 8.14. The van der Waals surface area contributed by atoms with E-state index < -0.39 is 18.6 Å². The summed E-state index contributed by atoms with van der Waals surface area (Å²) in [6, 6.07) is 13.3. The van der Waals surface area contributed by atoms with Gasteiger partial charge in [-0.1, -0.05) is 0 Å². The lowest BCUT2D eigenvalue weighted by molar-refractivity contribution is -0.109. The van der Waals surface area contributed by atoms with E-state index in [4.69, 9.17) is 19.2 Å². The predicted octanol–water partition coefficient (Wildman–Crippen LogP) is 3.45. The van der Waals surface area contributed by atoms with Crippen LogP contribution in [0.1, 0.15) is 18.9 Å². The molecule has 3 aromatic rings. The Morgan fingerprint density at radius 2 is 2.00 bits per heavy atom. The Hall–Kier alpha value is -4.12. The Balaban J connectivity index is 1.16. The zero-order valence-corrected chi connectivity index (χ0v) is 24.1. The number of nitrogens with one attached hydrogen (secondary N) is 2. The fourth-order valence-corrected chi connectivity index (χ4v) is 5.69. The van der Waals surface area contributed by atoms with Crippen LogP contribution in [-0.4, -0.2) is 97.0 Å². The minimum Gasteiger partial charge on any atom is -0.483 e. The molecule has 5 heterocycles. The molecule has 0 bridgehead atoms. The summed E-state index contributed by atoms with van der Waals surface area (Å²) in [4.78, 5) is 18.2. The lowest BCUT2D eigenvalue weighted by atomic mass is 10.0. The van der Waals surface area contributed by atoms with Crippen LogP contribution >= 0.6 is 0 Å². The Bertz CT molecular complexity index is 1500. The SMILES string of the molecule is COc1nc(Nc2cc(-c3ccc(OC4CCNCC4(F)F)c(C#N)c3)ncn2)ccc1N1CCN(C2COC2)C[C@H]1C. The summed E-state index contributed by atoms with van der Waals surface area (Å²) in [5.74, 6) is -1.35. The van der Waals surface area contributed by atoms with Gasteiger partial charge in [0.15, 0.2) is 6.10 Å². The summed E-state index contributed by atoms with van der Waals surface area (Å²) < 4.78 is 45.2. The van der Waals surface area contributed by atoms with Gasteiger partial charge in [-0.2, -0.15) is 10.2 Å². The summed E-state index contributed by atoms with van der Waals surface area (Å²) in [6.07, 6.45) is 0.253. The van der Waals surface area contributed by atoms with Gasteiger partial charge < -0.3 is 29.7 Å². The number of hydrogen-bond donors (Lipinski definition) is 2. The number of ether oxygens (including phenoxy) is 3. The third-order valence-corrected chi connectivity index (χ3v) is 8.14. The van der Waals surface area contributed by atoms with Gasteiger partial charge in [0, 0.05) is 43.7 Å². The van der Waals surface area contributed by atoms with Crippen molar-refractivity contribution in [3.63, 3.8) is 0 Å². The number of nitriles is 1. The maximum Gasteiger partial charge on any atom is 0.296 e. The van der Waals surface area contributed by atoms with Gasteiger partial charge in [0.1, 0.15) is 35.5 Å². The molecule has 0 radical (unpaired) electrons. The van der Waals surface area contributed by atoms with E-state index in [1.165, 1.54) is 12.4 Å². The molecule has 1 aromatic carbocycles. The number of hydrogen-bond acceptors (Lipinski definition) is 11. The molecule has 6 rings (SSSR count). The highest BCUT2D eigenvalue weighted by atomic mass is 19.3. The van der Waals surface area contributed by atoms with Crippen molar-refractivity contribution in [2.24, 2.45) is 0 Å². The Morgan fingerprint density at radius 1 is 1.14 bits per heavy atom. The van der Waals surface area contributed by atoms with Crippen LogP contribution in [0.5, 0.6) is 11.6 Å². The molecule has 3 aliphatic rings. The van der Waals surface area contributed by atoms with Gasteiger partial charge in [0.25, 0.3) is 5.92 Å². The van der Waals surface area contributed by atoms with E-state index in [1.807, 2.05) is 12.1 Å². The van der Waals surface area contributed by atoms with Crippen LogP contribution in [0.4, 0.5) is 26.1 Å². The summed E-state index contributed by atoms with van der Waals surface area (Å²) in [7, 11) is 1.61. The van der Waals surface area contributed by atoms with Crippen molar-refractivity contribution in [1.29, 1.82) is 5.26 Å². The molecular weight excluding hydrogens is 558 g/mol. The number of piperazine rings is 1. The number of methoxy groups -OCH3 is 1. The van der Waals surface area contributed by atoms with Crippen LogP contribution in [0.25, 0.3) is 11.3 Å². The molecule has 3 aliphatic heterocycles. The predicted molar refractivity (Wildman–Crippen MR) is 156 cm³/mol. The van der Waals surface area contributed by atoms with E-state index in [0.29, 0.717) is 47.4 Å². The van der Waals surface area contributed by atoms with Crippen molar-refractivity contribution in [2.75, 3.05) is 63.3 Å². The van der Waals surface area contributed by atoms with Crippen LogP contribution in [0, 0.1) is 11.3 Å². The normalized spacial score (nSPS) is 22.3. The van der Waals surface area contributed by atoms with Crippen molar-refractivity contribution in [2.45, 2.75) is 37.5 Å². The van der Waals surface area contributed by atoms with Crippen molar-refractivity contribution < 1.29 is 23.0 Å². The van der Waals surface area contributed by atoms with Crippen molar-refractivity contribution in [3.8, 4) is 29.0 Å². The topological polar surface area (TPSA) is 121 Å². The smallest absolute Gasteiger partial charge is 0.296 e. The molecule has 0 spiro atoms. The largest absolute Gasteiger partial charge is 0.483 e. The maximum absolute atomic E-state index is 14.3. The second-order valence-electron chi connectivity index (χ2n) is 11.0. The molecule has 2 N–H and O–H groups in total. The van der Waals surface area contributed by atoms with Crippen LogP contribution in [0.15, 0.2) is 42.7 Å². The van der Waals surface area contributed by atoms with E-state index >= 15 is 0 Å². The molecule has 3 fully saturated rings. The molecule has 1 unspecified atom stereocenters. The first kappa shape index (κ1) is 29.0. The average molecular weight is 593 g/mol. The molecule has 2 aromatic heterocycles. The zero-order chi connectivity index (χ0) is 30.0. The first-order valence-corrected chi connectivity index (χ1v) is 14.4. The molecular formula is C30H34F2N8O3. The second kappa shape index (κ2) is 12.2. The van der Waals surface area contributed by atoms with Crippen molar-refractivity contribution in [1.82, 2.24) is 25.2 Å². The number of aromatic nitrogens is 3. The van der Waals surface area contributed by atoms with Gasteiger partial charge in [-0.25, -0.2) is 18.7 Å². The Morgan fingerprint density at radius 3 is 2.72 bits per heavy atom. The molecule has 0 saturated carbocycles. The lowest BCUT2D eigenvalue weighted by Crippen LogP contribution is -2.59. The number of nitrogens with zero attached hydrogens (tertiary/aromatic N) is 6. The van der Waals surface area contributed by atoms with Gasteiger partial charge in [0.05, 0.1) is 44.2 Å². The number of pyridine rings is 1. The van der Waals surface area contributed by atoms with Crippen LogP contribution in [0.3, 0.4) is 0 Å². The monoisotopic (exact) mass is 592 g/mol. The fraction of sp³-hybridized carbons (Fsp3) is 0.467. The summed E-state index contributed by atoms with van der Waals surface area (Å²) in [5, 5.41) is 15.6. The summed E-state index contributed by atoms with van der Waals surface area (Å²) in [6.45, 7) is 6.56. The molecule has 11 nitrogen and oxygen atoms in total. The third kappa shape index (κ3) is 6.17. The first-order valence-electron chi connectivity index (χ1n) is 14.4. The second-order valence-corrected chi connectivity index (χ2v) is 11.0. The maximum atomic E-state index is 14.3. The minimum absolute atomic E-state index is 0.120. The summed E-state index contributed by atoms with van der Waals surface area (Å²) in [5.41, 5.74) is 2.24. The molecule has 13 heteroatoms. The van der Waals surface area contributed by atoms with E-state index in [0.717, 1.165) is 38.5 Å². The molecule has 2 atom stereocenters. The number of anilines is 3. The highest BCUT2D eigenvalue weighted by Gasteiger charge is 2.43. The average Bonchev–Trinajstić information content (AvgIpc) is 2.98. The molecule has 226 valence electrons. The zero-order valence-electron chi connectivity index (χ0n) is 24.1. The molecule has 0 aliphatic carbocycles. The molecule has 0 amide bonds. The standard InChI is InChI=1S/C30H34F2N8O3/c1-19-14-39(22-15-42-16-22)9-10-40(19)24-4-6-27(38-29(24)41-2)37-28-12-23(35-18-36-28)20-3-5-25(21(11-20)13-33)43-26-7-8-34-17-30(26,31)32/h3-6,11-12,18-19,22,26,34H,7-10,14-17H2,1-2H3,(H,35,36,37,38)/t19-,26?/m1/s1. The number of halogens is 2. The lowest BCUT2D eigenvalue weighted by Gasteiger charge is -2.46. The van der Waals surface area contributed by atoms with Gasteiger partial charge in [-0.15, -0.1) is 0 Å². The number of benzene rings is 1. The fourth-order valence-electron chi connectivity index (χ4n) is 5.69. The first-order chi connectivity index (χ1) is 20.8.